The molecule has 0 atom stereocenters. The average molecular weight is 530 g/mol. The number of hydrogen-bond acceptors (Lipinski definition) is 8. The Bertz CT molecular complexity index is 1410. The van der Waals surface area contributed by atoms with Crippen LogP contribution < -0.4 is 34.3 Å². The van der Waals surface area contributed by atoms with Crippen LogP contribution in [0.1, 0.15) is 10.4 Å². The molecule has 3 rings (SSSR count). The molecule has 0 aliphatic heterocycles. The number of nitrogens with one attached hydrogen (secondary N) is 1. The number of para-hydroxylation sites is 1. The zero-order chi connectivity index (χ0) is 27.2. The van der Waals surface area contributed by atoms with Crippen LogP contribution in [0.5, 0.6) is 23.0 Å². The van der Waals surface area contributed by atoms with E-state index in [4.69, 9.17) is 24.7 Å². The number of amides is 2. The first-order chi connectivity index (χ1) is 17.7. The van der Waals surface area contributed by atoms with Crippen LogP contribution in [0.15, 0.2) is 65.6 Å². The molecular weight excluding hydrogens is 502 g/mol. The van der Waals surface area contributed by atoms with E-state index in [9.17, 15) is 18.0 Å². The molecule has 0 saturated carbocycles. The van der Waals surface area contributed by atoms with Gasteiger partial charge in [0.15, 0.2) is 11.5 Å². The second kappa shape index (κ2) is 11.5. The maximum atomic E-state index is 13.9. The summed E-state index contributed by atoms with van der Waals surface area (Å²) in [5, 5.41) is 2.56. The van der Waals surface area contributed by atoms with Gasteiger partial charge in [0, 0.05) is 12.1 Å². The standard InChI is InChI=1S/C25H27N3O8S/c1-33-16-9-11-21(34-2)20(13-16)28(15-24(29)27-19-8-6-5-7-18(19)25(26)30)37(31,32)17-10-12-22(35-3)23(14-17)36-4/h5-14H,15H2,1-4H3,(H2,26,30)(H,27,29). The lowest BCUT2D eigenvalue weighted by Crippen LogP contribution is -2.38. The van der Waals surface area contributed by atoms with Crippen LogP contribution in [0.2, 0.25) is 0 Å². The highest BCUT2D eigenvalue weighted by molar-refractivity contribution is 7.92. The van der Waals surface area contributed by atoms with Crippen molar-refractivity contribution in [3.05, 3.63) is 66.2 Å². The molecule has 0 aliphatic rings. The molecule has 0 fully saturated rings. The number of hydrogen-bond donors (Lipinski definition) is 2. The summed E-state index contributed by atoms with van der Waals surface area (Å²) in [6, 6.07) is 14.7. The molecule has 3 aromatic carbocycles. The molecule has 3 N–H and O–H groups in total. The Morgan fingerprint density at radius 1 is 0.838 bits per heavy atom. The van der Waals surface area contributed by atoms with Crippen molar-refractivity contribution in [2.45, 2.75) is 4.90 Å². The number of ether oxygens (including phenoxy) is 4. The second-order valence-corrected chi connectivity index (χ2v) is 9.39. The van der Waals surface area contributed by atoms with Gasteiger partial charge >= 0.3 is 0 Å². The van der Waals surface area contributed by atoms with Crippen molar-refractivity contribution < 1.29 is 37.0 Å². The van der Waals surface area contributed by atoms with Gasteiger partial charge in [0.05, 0.1) is 50.3 Å². The zero-order valence-corrected chi connectivity index (χ0v) is 21.5. The Morgan fingerprint density at radius 2 is 1.49 bits per heavy atom. The molecule has 2 amide bonds. The first-order valence-corrected chi connectivity index (χ1v) is 12.3. The van der Waals surface area contributed by atoms with Crippen molar-refractivity contribution in [2.24, 2.45) is 5.73 Å². The molecule has 37 heavy (non-hydrogen) atoms. The van der Waals surface area contributed by atoms with Crippen molar-refractivity contribution >= 4 is 33.2 Å². The van der Waals surface area contributed by atoms with Crippen molar-refractivity contribution in [1.29, 1.82) is 0 Å². The van der Waals surface area contributed by atoms with Crippen molar-refractivity contribution in [2.75, 3.05) is 44.6 Å². The Hall–Kier alpha value is -4.45. The fourth-order valence-electron chi connectivity index (χ4n) is 3.52. The Morgan fingerprint density at radius 3 is 2.11 bits per heavy atom. The van der Waals surface area contributed by atoms with Crippen LogP contribution in [0.25, 0.3) is 0 Å². The minimum atomic E-state index is -4.37. The smallest absolute Gasteiger partial charge is 0.265 e. The number of anilines is 2. The van der Waals surface area contributed by atoms with Gasteiger partial charge in [-0.2, -0.15) is 0 Å². The van der Waals surface area contributed by atoms with Gasteiger partial charge in [0.1, 0.15) is 18.0 Å². The van der Waals surface area contributed by atoms with E-state index in [1.807, 2.05) is 0 Å². The summed E-state index contributed by atoms with van der Waals surface area (Å²) in [7, 11) is 1.22. The molecule has 11 nitrogen and oxygen atoms in total. The van der Waals surface area contributed by atoms with E-state index < -0.39 is 28.4 Å². The zero-order valence-electron chi connectivity index (χ0n) is 20.7. The number of carbonyl (C=O) groups excluding carboxylic acids is 2. The SMILES string of the molecule is COc1ccc(OC)c(N(CC(=O)Nc2ccccc2C(N)=O)S(=O)(=O)c2ccc(OC)c(OC)c2)c1. The monoisotopic (exact) mass is 529 g/mol. The summed E-state index contributed by atoms with van der Waals surface area (Å²) in [5.74, 6) is -0.463. The number of benzene rings is 3. The molecule has 196 valence electrons. The number of rotatable bonds is 11. The number of nitrogens with two attached hydrogens (primary N) is 1. The van der Waals surface area contributed by atoms with Gasteiger partial charge in [0.2, 0.25) is 5.91 Å². The molecule has 0 spiro atoms. The van der Waals surface area contributed by atoms with Gasteiger partial charge in [-0.1, -0.05) is 12.1 Å². The highest BCUT2D eigenvalue weighted by Crippen LogP contribution is 2.37. The molecule has 12 heteroatoms. The van der Waals surface area contributed by atoms with Gasteiger partial charge in [-0.15, -0.1) is 0 Å². The van der Waals surface area contributed by atoms with Crippen molar-refractivity contribution in [1.82, 2.24) is 0 Å². The van der Waals surface area contributed by atoms with Gasteiger partial charge in [-0.3, -0.25) is 13.9 Å². The Balaban J connectivity index is 2.12. The van der Waals surface area contributed by atoms with Gasteiger partial charge < -0.3 is 30.0 Å². The minimum Gasteiger partial charge on any atom is -0.497 e. The lowest BCUT2D eigenvalue weighted by Gasteiger charge is -2.26. The predicted molar refractivity (Wildman–Crippen MR) is 137 cm³/mol. The molecule has 0 saturated heterocycles. The minimum absolute atomic E-state index is 0.0509. The van der Waals surface area contributed by atoms with Gasteiger partial charge in [-0.25, -0.2) is 8.42 Å². The highest BCUT2D eigenvalue weighted by atomic mass is 32.2. The van der Waals surface area contributed by atoms with E-state index in [0.29, 0.717) is 11.5 Å². The van der Waals surface area contributed by atoms with Crippen LogP contribution in [0.4, 0.5) is 11.4 Å². The van der Waals surface area contributed by atoms with E-state index in [1.54, 1.807) is 18.2 Å². The third kappa shape index (κ3) is 5.86. The summed E-state index contributed by atoms with van der Waals surface area (Å²) in [4.78, 5) is 24.7. The quantitative estimate of drug-likeness (QED) is 0.385. The molecule has 0 bridgehead atoms. The summed E-state index contributed by atoms with van der Waals surface area (Å²) in [6.45, 7) is -0.673. The molecule has 0 unspecified atom stereocenters. The first-order valence-electron chi connectivity index (χ1n) is 10.8. The van der Waals surface area contributed by atoms with E-state index in [0.717, 1.165) is 4.31 Å². The van der Waals surface area contributed by atoms with E-state index in [1.165, 1.54) is 70.9 Å². The lowest BCUT2D eigenvalue weighted by molar-refractivity contribution is -0.114. The topological polar surface area (TPSA) is 146 Å². The lowest BCUT2D eigenvalue weighted by atomic mass is 10.1. The Kier molecular flexibility index (Phi) is 8.45. The van der Waals surface area contributed by atoms with E-state index in [2.05, 4.69) is 5.32 Å². The number of sulfonamides is 1. The average Bonchev–Trinajstić information content (AvgIpc) is 2.90. The normalized spacial score (nSPS) is 10.8. The largest absolute Gasteiger partial charge is 0.497 e. The Labute approximate surface area is 214 Å². The maximum absolute atomic E-state index is 13.9. The third-order valence-corrected chi connectivity index (χ3v) is 7.11. The number of nitrogens with zero attached hydrogens (tertiary/aromatic N) is 1. The molecule has 0 aromatic heterocycles. The molecule has 0 heterocycles. The fraction of sp³-hybridized carbons (Fsp3) is 0.200. The number of carbonyl (C=O) groups is 2. The van der Waals surface area contributed by atoms with E-state index in [-0.39, 0.29) is 33.3 Å². The fourth-order valence-corrected chi connectivity index (χ4v) is 4.96. The van der Waals surface area contributed by atoms with Crippen molar-refractivity contribution in [3.8, 4) is 23.0 Å². The van der Waals surface area contributed by atoms with E-state index >= 15 is 0 Å². The number of methoxy groups -OCH3 is 4. The van der Waals surface area contributed by atoms with Gasteiger partial charge in [0.25, 0.3) is 15.9 Å². The van der Waals surface area contributed by atoms with Crippen LogP contribution in [0, 0.1) is 0 Å². The predicted octanol–water partition coefficient (Wildman–Crippen LogP) is 2.65. The molecule has 3 aromatic rings. The highest BCUT2D eigenvalue weighted by Gasteiger charge is 2.31. The van der Waals surface area contributed by atoms with Gasteiger partial charge in [-0.05, 0) is 36.4 Å². The summed E-state index contributed by atoms with van der Waals surface area (Å²) in [6.07, 6.45) is 0. The first kappa shape index (κ1) is 27.1. The summed E-state index contributed by atoms with van der Waals surface area (Å²) >= 11 is 0. The third-order valence-electron chi connectivity index (χ3n) is 5.35. The maximum Gasteiger partial charge on any atom is 0.265 e. The summed E-state index contributed by atoms with van der Waals surface area (Å²) in [5.41, 5.74) is 5.66. The molecule has 0 radical (unpaired) electrons. The molecular formula is C25H27N3O8S. The van der Waals surface area contributed by atoms with Crippen molar-refractivity contribution in [3.63, 3.8) is 0 Å². The van der Waals surface area contributed by atoms with Crippen LogP contribution >= 0.6 is 0 Å². The van der Waals surface area contributed by atoms with Crippen LogP contribution in [-0.4, -0.2) is 55.2 Å². The number of primary amides is 1. The molecule has 0 aliphatic carbocycles. The van der Waals surface area contributed by atoms with Crippen LogP contribution in [-0.2, 0) is 14.8 Å². The summed E-state index contributed by atoms with van der Waals surface area (Å²) < 4.78 is 49.8. The van der Waals surface area contributed by atoms with Crippen LogP contribution in [0.3, 0.4) is 0 Å². The second-order valence-electron chi connectivity index (χ2n) is 7.52.